The Kier molecular flexibility index (Phi) is 5.27. The highest BCUT2D eigenvalue weighted by Gasteiger charge is 2.43. The van der Waals surface area contributed by atoms with E-state index in [-0.39, 0.29) is 5.41 Å². The molecule has 1 heterocycles. The molecule has 130 valence electrons. The first-order valence-electron chi connectivity index (χ1n) is 9.26. The van der Waals surface area contributed by atoms with Gasteiger partial charge in [0.05, 0.1) is 12.5 Å². The van der Waals surface area contributed by atoms with Gasteiger partial charge in [-0.1, -0.05) is 43.5 Å². The number of rotatable bonds is 3. The van der Waals surface area contributed by atoms with Crippen molar-refractivity contribution in [1.82, 2.24) is 4.90 Å². The zero-order valence-electron chi connectivity index (χ0n) is 14.9. The fourth-order valence-electron chi connectivity index (χ4n) is 4.27. The summed E-state index contributed by atoms with van der Waals surface area (Å²) in [7, 11) is 1.68. The van der Waals surface area contributed by atoms with E-state index in [1.807, 2.05) is 12.1 Å². The van der Waals surface area contributed by atoms with Gasteiger partial charge in [-0.3, -0.25) is 4.79 Å². The molecule has 3 heteroatoms. The lowest BCUT2D eigenvalue weighted by Crippen LogP contribution is -2.48. The predicted octanol–water partition coefficient (Wildman–Crippen LogP) is 4.47. The van der Waals surface area contributed by atoms with Crippen molar-refractivity contribution in [3.05, 3.63) is 42.0 Å². The largest absolute Gasteiger partial charge is 0.497 e. The monoisotopic (exact) mass is 327 g/mol. The number of benzene rings is 1. The SMILES string of the molecule is C=C1CCCCN(C(=O)C2(c3ccc(OC)cc3)CCCCC2)C1. The topological polar surface area (TPSA) is 29.5 Å². The Balaban J connectivity index is 1.92. The van der Waals surface area contributed by atoms with Gasteiger partial charge in [-0.05, 0) is 49.8 Å². The Hall–Kier alpha value is -1.77. The zero-order chi connectivity index (χ0) is 17.0. The normalized spacial score (nSPS) is 21.2. The van der Waals surface area contributed by atoms with Crippen molar-refractivity contribution in [1.29, 1.82) is 0 Å². The fourth-order valence-corrected chi connectivity index (χ4v) is 4.27. The Labute approximate surface area is 145 Å². The van der Waals surface area contributed by atoms with Gasteiger partial charge in [-0.15, -0.1) is 0 Å². The first-order chi connectivity index (χ1) is 11.7. The Morgan fingerprint density at radius 2 is 1.79 bits per heavy atom. The lowest BCUT2D eigenvalue weighted by atomic mass is 9.68. The van der Waals surface area contributed by atoms with Gasteiger partial charge < -0.3 is 9.64 Å². The third kappa shape index (κ3) is 3.35. The number of hydrogen-bond donors (Lipinski definition) is 0. The van der Waals surface area contributed by atoms with E-state index in [1.165, 1.54) is 12.0 Å². The van der Waals surface area contributed by atoms with Crippen LogP contribution >= 0.6 is 0 Å². The summed E-state index contributed by atoms with van der Waals surface area (Å²) in [5.41, 5.74) is 2.00. The van der Waals surface area contributed by atoms with E-state index < -0.39 is 0 Å². The molecule has 3 rings (SSSR count). The van der Waals surface area contributed by atoms with Gasteiger partial charge >= 0.3 is 0 Å². The van der Waals surface area contributed by atoms with Gasteiger partial charge in [0.2, 0.25) is 5.91 Å². The van der Waals surface area contributed by atoms with Crippen molar-refractivity contribution in [3.8, 4) is 5.75 Å². The molecule has 1 aliphatic carbocycles. The molecule has 1 aromatic carbocycles. The molecule has 0 spiro atoms. The Morgan fingerprint density at radius 3 is 2.46 bits per heavy atom. The van der Waals surface area contributed by atoms with Crippen LogP contribution in [0.25, 0.3) is 0 Å². The average molecular weight is 327 g/mol. The predicted molar refractivity (Wildman–Crippen MR) is 97.3 cm³/mol. The average Bonchev–Trinajstić information content (AvgIpc) is 2.86. The maximum absolute atomic E-state index is 13.6. The summed E-state index contributed by atoms with van der Waals surface area (Å²) in [5, 5.41) is 0. The minimum absolute atomic E-state index is 0.315. The molecule has 2 fully saturated rings. The Morgan fingerprint density at radius 1 is 1.08 bits per heavy atom. The molecule has 2 aliphatic rings. The van der Waals surface area contributed by atoms with Crippen LogP contribution in [0.15, 0.2) is 36.4 Å². The van der Waals surface area contributed by atoms with Crippen molar-refractivity contribution < 1.29 is 9.53 Å². The summed E-state index contributed by atoms with van der Waals surface area (Å²) in [6.45, 7) is 5.76. The number of likely N-dealkylation sites (tertiary alicyclic amines) is 1. The Bertz CT molecular complexity index is 584. The standard InChI is InChI=1S/C21H29NO2/c1-17-8-4-7-15-22(16-17)20(23)21(13-5-3-6-14-21)18-9-11-19(24-2)12-10-18/h9-12H,1,3-8,13-16H2,2H3. The quantitative estimate of drug-likeness (QED) is 0.767. The van der Waals surface area contributed by atoms with E-state index in [0.29, 0.717) is 5.91 Å². The molecule has 3 nitrogen and oxygen atoms in total. The first-order valence-corrected chi connectivity index (χ1v) is 9.26. The fraction of sp³-hybridized carbons (Fsp3) is 0.571. The summed E-state index contributed by atoms with van der Waals surface area (Å²) in [5.74, 6) is 1.16. The first kappa shape index (κ1) is 17.1. The van der Waals surface area contributed by atoms with Gasteiger partial charge in [0, 0.05) is 13.1 Å². The van der Waals surface area contributed by atoms with E-state index >= 15 is 0 Å². The molecule has 1 aliphatic heterocycles. The van der Waals surface area contributed by atoms with Crippen LogP contribution in [0.5, 0.6) is 5.75 Å². The second-order valence-corrected chi connectivity index (χ2v) is 7.31. The molecule has 1 saturated heterocycles. The van der Waals surface area contributed by atoms with Gasteiger partial charge in [0.15, 0.2) is 0 Å². The smallest absolute Gasteiger partial charge is 0.233 e. The number of hydrogen-bond acceptors (Lipinski definition) is 2. The third-order valence-electron chi connectivity index (χ3n) is 5.67. The lowest BCUT2D eigenvalue weighted by Gasteiger charge is -2.40. The number of carbonyl (C=O) groups is 1. The molecule has 0 radical (unpaired) electrons. The molecule has 0 atom stereocenters. The number of carbonyl (C=O) groups excluding carboxylic acids is 1. The van der Waals surface area contributed by atoms with E-state index in [2.05, 4.69) is 23.6 Å². The molecular weight excluding hydrogens is 298 g/mol. The van der Waals surface area contributed by atoms with E-state index in [4.69, 9.17) is 4.74 Å². The summed E-state index contributed by atoms with van der Waals surface area (Å²) in [6.07, 6.45) is 8.71. The van der Waals surface area contributed by atoms with Crippen molar-refractivity contribution >= 4 is 5.91 Å². The van der Waals surface area contributed by atoms with Crippen molar-refractivity contribution in [3.63, 3.8) is 0 Å². The van der Waals surface area contributed by atoms with Crippen LogP contribution in [-0.4, -0.2) is 31.0 Å². The molecule has 24 heavy (non-hydrogen) atoms. The third-order valence-corrected chi connectivity index (χ3v) is 5.67. The summed E-state index contributed by atoms with van der Waals surface area (Å²) < 4.78 is 5.29. The number of amides is 1. The van der Waals surface area contributed by atoms with Crippen LogP contribution in [-0.2, 0) is 10.2 Å². The van der Waals surface area contributed by atoms with Crippen molar-refractivity contribution in [2.45, 2.75) is 56.8 Å². The van der Waals surface area contributed by atoms with Crippen molar-refractivity contribution in [2.24, 2.45) is 0 Å². The molecular formula is C21H29NO2. The number of nitrogens with zero attached hydrogens (tertiary/aromatic N) is 1. The molecule has 1 amide bonds. The zero-order valence-corrected chi connectivity index (χ0v) is 14.9. The van der Waals surface area contributed by atoms with Crippen molar-refractivity contribution in [2.75, 3.05) is 20.2 Å². The minimum atomic E-state index is -0.352. The highest BCUT2D eigenvalue weighted by molar-refractivity contribution is 5.88. The number of methoxy groups -OCH3 is 1. The molecule has 0 aromatic heterocycles. The maximum atomic E-state index is 13.6. The summed E-state index contributed by atoms with van der Waals surface area (Å²) in [4.78, 5) is 15.7. The maximum Gasteiger partial charge on any atom is 0.233 e. The molecule has 0 bridgehead atoms. The molecule has 0 unspecified atom stereocenters. The van der Waals surface area contributed by atoms with Crippen LogP contribution in [0.2, 0.25) is 0 Å². The highest BCUT2D eigenvalue weighted by Crippen LogP contribution is 2.42. The van der Waals surface area contributed by atoms with Gasteiger partial charge in [-0.25, -0.2) is 0 Å². The van der Waals surface area contributed by atoms with Gasteiger partial charge in [0.1, 0.15) is 5.75 Å². The van der Waals surface area contributed by atoms with E-state index in [9.17, 15) is 4.79 Å². The highest BCUT2D eigenvalue weighted by atomic mass is 16.5. The number of ether oxygens (including phenoxy) is 1. The summed E-state index contributed by atoms with van der Waals surface area (Å²) in [6, 6.07) is 8.16. The van der Waals surface area contributed by atoms with Crippen LogP contribution in [0.1, 0.15) is 56.9 Å². The molecule has 1 saturated carbocycles. The van der Waals surface area contributed by atoms with E-state index in [0.717, 1.165) is 69.3 Å². The van der Waals surface area contributed by atoms with Gasteiger partial charge in [0.25, 0.3) is 0 Å². The minimum Gasteiger partial charge on any atom is -0.497 e. The molecule has 0 N–H and O–H groups in total. The second kappa shape index (κ2) is 7.42. The summed E-state index contributed by atoms with van der Waals surface area (Å²) >= 11 is 0. The van der Waals surface area contributed by atoms with Crippen LogP contribution in [0.4, 0.5) is 0 Å². The van der Waals surface area contributed by atoms with Crippen LogP contribution < -0.4 is 4.74 Å². The molecule has 1 aromatic rings. The van der Waals surface area contributed by atoms with Crippen LogP contribution in [0.3, 0.4) is 0 Å². The van der Waals surface area contributed by atoms with Crippen LogP contribution in [0, 0.1) is 0 Å². The lowest BCUT2D eigenvalue weighted by molar-refractivity contribution is -0.138. The van der Waals surface area contributed by atoms with E-state index in [1.54, 1.807) is 7.11 Å². The second-order valence-electron chi connectivity index (χ2n) is 7.31. The van der Waals surface area contributed by atoms with Gasteiger partial charge in [-0.2, -0.15) is 0 Å².